The molecule has 8 nitrogen and oxygen atoms in total. The van der Waals surface area contributed by atoms with Gasteiger partial charge in [-0.05, 0) is 98.3 Å². The number of hydrogen-bond acceptors (Lipinski definition) is 6. The first kappa shape index (κ1) is 37.6. The van der Waals surface area contributed by atoms with Gasteiger partial charge >= 0.3 is 12.1 Å². The summed E-state index contributed by atoms with van der Waals surface area (Å²) in [6, 6.07) is 7.05. The SMILES string of the molecule is CCOC(=O)C[C@@H]1NC(=O)[C@@H](n2cc(CCN3CC(F)C3)c(C(F)(F)F)cc2=O)c2cc(ccc2F)Oc2cc(C)cc(C)c2-c2cc(C)c(F)c1c2. The Bertz CT molecular complexity index is 2140. The van der Waals surface area contributed by atoms with E-state index in [0.717, 1.165) is 23.4 Å². The second-order valence-electron chi connectivity index (χ2n) is 13.5. The number of aryl methyl sites for hydroxylation is 3. The van der Waals surface area contributed by atoms with Gasteiger partial charge in [-0.3, -0.25) is 23.9 Å². The van der Waals surface area contributed by atoms with Crippen molar-refractivity contribution in [3.8, 4) is 22.6 Å². The van der Waals surface area contributed by atoms with E-state index < -0.39 is 71.0 Å². The Labute approximate surface area is 301 Å². The summed E-state index contributed by atoms with van der Waals surface area (Å²) in [6.07, 6.45) is -6.08. The first-order chi connectivity index (χ1) is 25.0. The smallest absolute Gasteiger partial charge is 0.416 e. The number of carbonyl (C=O) groups excluding carboxylic acids is 2. The monoisotopic (exact) mass is 741 g/mol. The van der Waals surface area contributed by atoms with Gasteiger partial charge in [-0.1, -0.05) is 6.07 Å². The summed E-state index contributed by atoms with van der Waals surface area (Å²) < 4.78 is 101. The van der Waals surface area contributed by atoms with E-state index in [1.54, 1.807) is 24.0 Å². The van der Waals surface area contributed by atoms with E-state index in [1.807, 2.05) is 19.9 Å². The number of fused-ring (bicyclic) bond motifs is 6. The number of alkyl halides is 4. The van der Waals surface area contributed by atoms with Crippen molar-refractivity contribution < 1.29 is 45.4 Å². The van der Waals surface area contributed by atoms with Gasteiger partial charge < -0.3 is 14.8 Å². The second kappa shape index (κ2) is 14.7. The van der Waals surface area contributed by atoms with Gasteiger partial charge in [0.15, 0.2) is 0 Å². The van der Waals surface area contributed by atoms with Crippen LogP contribution in [0.4, 0.5) is 26.3 Å². The fourth-order valence-corrected chi connectivity index (χ4v) is 7.01. The van der Waals surface area contributed by atoms with Crippen LogP contribution in [0, 0.1) is 32.4 Å². The summed E-state index contributed by atoms with van der Waals surface area (Å²) in [4.78, 5) is 42.7. The number of halogens is 6. The number of ether oxygens (including phenoxy) is 2. The standard InChI is InChI=1S/C39H37F6N3O5/c1-5-52-34(50)16-31-28-13-24(12-22(4)36(28)42)35-21(3)10-20(2)11-32(35)53-26-6-7-30(41)27(14-26)37(38(51)46-31)48-17-23(8-9-47-18-25(40)19-47)29(15-33(48)49)39(43,44)45/h6-7,10-15,17,25,31,37H,5,8-9,16,18-19H2,1-4H3,(H,46,51)/t31-,37-/m0/s1. The average Bonchev–Trinajstić information content (AvgIpc) is 3.05. The van der Waals surface area contributed by atoms with E-state index in [0.29, 0.717) is 27.5 Å². The first-order valence-electron chi connectivity index (χ1n) is 17.1. The zero-order chi connectivity index (χ0) is 38.4. The summed E-state index contributed by atoms with van der Waals surface area (Å²) in [5.74, 6) is -3.36. The van der Waals surface area contributed by atoms with Crippen LogP contribution in [0.5, 0.6) is 11.5 Å². The van der Waals surface area contributed by atoms with Gasteiger partial charge in [0.05, 0.1) is 24.6 Å². The molecule has 280 valence electrons. The number of amides is 1. The van der Waals surface area contributed by atoms with Gasteiger partial charge in [-0.15, -0.1) is 0 Å². The fraction of sp³-hybridized carbons (Fsp3) is 0.359. The molecule has 2 aliphatic rings. The van der Waals surface area contributed by atoms with E-state index in [-0.39, 0.29) is 55.1 Å². The summed E-state index contributed by atoms with van der Waals surface area (Å²) >= 11 is 0. The van der Waals surface area contributed by atoms with Crippen molar-refractivity contribution in [3.63, 3.8) is 0 Å². The quantitative estimate of drug-likeness (QED) is 0.157. The predicted octanol–water partition coefficient (Wildman–Crippen LogP) is 7.44. The molecule has 0 aliphatic carbocycles. The highest BCUT2D eigenvalue weighted by molar-refractivity contribution is 5.85. The van der Waals surface area contributed by atoms with Crippen LogP contribution in [-0.2, 0) is 26.9 Å². The van der Waals surface area contributed by atoms with Crippen molar-refractivity contribution in [3.05, 3.63) is 116 Å². The minimum atomic E-state index is -4.97. The van der Waals surface area contributed by atoms with Gasteiger partial charge in [0, 0.05) is 48.6 Å². The van der Waals surface area contributed by atoms with Crippen LogP contribution in [-0.4, -0.2) is 53.8 Å². The highest BCUT2D eigenvalue weighted by Gasteiger charge is 2.38. The Morgan fingerprint density at radius 1 is 0.981 bits per heavy atom. The van der Waals surface area contributed by atoms with Crippen molar-refractivity contribution in [2.24, 2.45) is 0 Å². The molecule has 53 heavy (non-hydrogen) atoms. The highest BCUT2D eigenvalue weighted by atomic mass is 19.4. The Morgan fingerprint density at radius 2 is 1.72 bits per heavy atom. The first-order valence-corrected chi connectivity index (χ1v) is 17.1. The molecule has 6 rings (SSSR count). The summed E-state index contributed by atoms with van der Waals surface area (Å²) in [7, 11) is 0. The van der Waals surface area contributed by atoms with Gasteiger partial charge in [0.25, 0.3) is 5.56 Å². The number of carbonyl (C=O) groups is 2. The molecule has 0 unspecified atom stereocenters. The zero-order valence-corrected chi connectivity index (χ0v) is 29.4. The maximum Gasteiger partial charge on any atom is 0.416 e. The molecule has 1 aromatic heterocycles. The van der Waals surface area contributed by atoms with Crippen LogP contribution >= 0.6 is 0 Å². The predicted molar refractivity (Wildman–Crippen MR) is 184 cm³/mol. The average molecular weight is 742 g/mol. The summed E-state index contributed by atoms with van der Waals surface area (Å²) in [5.41, 5.74) is -0.770. The minimum Gasteiger partial charge on any atom is -0.466 e. The summed E-state index contributed by atoms with van der Waals surface area (Å²) in [6.45, 7) is 6.77. The van der Waals surface area contributed by atoms with Gasteiger partial charge in [0.1, 0.15) is 35.3 Å². The van der Waals surface area contributed by atoms with Gasteiger partial charge in [-0.25, -0.2) is 13.2 Å². The second-order valence-corrected chi connectivity index (χ2v) is 13.5. The van der Waals surface area contributed by atoms with E-state index in [2.05, 4.69) is 5.32 Å². The molecule has 1 N–H and O–H groups in total. The largest absolute Gasteiger partial charge is 0.466 e. The molecule has 1 amide bonds. The number of pyridine rings is 1. The lowest BCUT2D eigenvalue weighted by molar-refractivity contribution is -0.144. The zero-order valence-electron chi connectivity index (χ0n) is 29.4. The highest BCUT2D eigenvalue weighted by Crippen LogP contribution is 2.41. The number of aromatic nitrogens is 1. The van der Waals surface area contributed by atoms with Gasteiger partial charge in [0.2, 0.25) is 5.91 Å². The lowest BCUT2D eigenvalue weighted by Crippen LogP contribution is -2.49. The topological polar surface area (TPSA) is 89.9 Å². The Kier molecular flexibility index (Phi) is 10.5. The molecule has 0 saturated carbocycles. The van der Waals surface area contributed by atoms with Crippen LogP contribution in [0.1, 0.15) is 64.4 Å². The van der Waals surface area contributed by atoms with E-state index in [1.165, 1.54) is 25.1 Å². The molecule has 2 atom stereocenters. The van der Waals surface area contributed by atoms with Crippen molar-refractivity contribution in [1.29, 1.82) is 0 Å². The lowest BCUT2D eigenvalue weighted by Gasteiger charge is -2.34. The van der Waals surface area contributed by atoms with Crippen LogP contribution in [0.15, 0.2) is 59.5 Å². The fourth-order valence-electron chi connectivity index (χ4n) is 7.01. The lowest BCUT2D eigenvalue weighted by atomic mass is 9.91. The molecule has 2 aliphatic heterocycles. The van der Waals surface area contributed by atoms with E-state index in [4.69, 9.17) is 9.47 Å². The number of hydrogen-bond donors (Lipinski definition) is 1. The third kappa shape index (κ3) is 7.82. The number of rotatable bonds is 7. The molecule has 1 fully saturated rings. The van der Waals surface area contributed by atoms with Crippen molar-refractivity contribution in [1.82, 2.24) is 14.8 Å². The van der Waals surface area contributed by atoms with Gasteiger partial charge in [-0.2, -0.15) is 13.2 Å². The number of benzene rings is 3. The van der Waals surface area contributed by atoms with Crippen LogP contribution in [0.3, 0.4) is 0 Å². The molecule has 3 heterocycles. The maximum absolute atomic E-state index is 16.1. The van der Waals surface area contributed by atoms with Crippen LogP contribution in [0.25, 0.3) is 11.1 Å². The molecular weight excluding hydrogens is 704 g/mol. The Morgan fingerprint density at radius 3 is 2.40 bits per heavy atom. The Hall–Kier alpha value is -5.11. The van der Waals surface area contributed by atoms with Crippen molar-refractivity contribution in [2.45, 2.75) is 65.0 Å². The maximum atomic E-state index is 16.1. The third-order valence-electron chi connectivity index (χ3n) is 9.48. The number of nitrogens with one attached hydrogen (secondary N) is 1. The normalized spacial score (nSPS) is 17.7. The number of esters is 1. The summed E-state index contributed by atoms with van der Waals surface area (Å²) in [5, 5.41) is 2.60. The molecule has 0 radical (unpaired) electrons. The third-order valence-corrected chi connectivity index (χ3v) is 9.48. The van der Waals surface area contributed by atoms with Crippen LogP contribution < -0.4 is 15.6 Å². The van der Waals surface area contributed by atoms with E-state index in [9.17, 15) is 31.9 Å². The van der Waals surface area contributed by atoms with E-state index >= 15 is 8.78 Å². The molecule has 4 bridgehead atoms. The Balaban J connectivity index is 1.59. The number of nitrogens with zero attached hydrogens (tertiary/aromatic N) is 2. The van der Waals surface area contributed by atoms with Crippen molar-refractivity contribution in [2.75, 3.05) is 26.2 Å². The van der Waals surface area contributed by atoms with Crippen molar-refractivity contribution >= 4 is 11.9 Å². The molecule has 1 saturated heterocycles. The molecule has 3 aromatic carbocycles. The molecular formula is C39H37F6N3O5. The minimum absolute atomic E-state index is 0.0189. The molecule has 14 heteroatoms. The molecule has 0 spiro atoms. The molecule has 4 aromatic rings. The number of likely N-dealkylation sites (tertiary alicyclic amines) is 1. The van der Waals surface area contributed by atoms with Crippen LogP contribution in [0.2, 0.25) is 0 Å².